The molecule has 1 aromatic heterocycles. The second-order valence-corrected chi connectivity index (χ2v) is 4.81. The molecule has 1 fully saturated rings. The lowest BCUT2D eigenvalue weighted by Gasteiger charge is -2.11. The second kappa shape index (κ2) is 4.78. The number of rotatable bonds is 5. The lowest BCUT2D eigenvalue weighted by atomic mass is 10.1. The Morgan fingerprint density at radius 1 is 1.62 bits per heavy atom. The summed E-state index contributed by atoms with van der Waals surface area (Å²) in [5.74, 6) is 1.75. The highest BCUT2D eigenvalue weighted by Gasteiger charge is 2.20. The fourth-order valence-electron chi connectivity index (χ4n) is 1.80. The molecule has 1 heterocycles. The van der Waals surface area contributed by atoms with Gasteiger partial charge in [0.1, 0.15) is 10.8 Å². The Morgan fingerprint density at radius 3 is 3.00 bits per heavy atom. The minimum Gasteiger partial charge on any atom is -0.389 e. The van der Waals surface area contributed by atoms with E-state index >= 15 is 0 Å². The lowest BCUT2D eigenvalue weighted by molar-refractivity contribution is 0.758. The minimum absolute atomic E-state index is 0.416. The van der Waals surface area contributed by atoms with Gasteiger partial charge >= 0.3 is 0 Å². The van der Waals surface area contributed by atoms with Gasteiger partial charge in [-0.3, -0.25) is 0 Å². The number of hydrogen-bond donors (Lipinski definition) is 2. The number of aromatic nitrogens is 1. The van der Waals surface area contributed by atoms with E-state index in [0.29, 0.717) is 4.99 Å². The Hall–Kier alpha value is -1.16. The van der Waals surface area contributed by atoms with Crippen LogP contribution in [0, 0.1) is 12.8 Å². The van der Waals surface area contributed by atoms with Crippen LogP contribution in [0.4, 0.5) is 5.82 Å². The van der Waals surface area contributed by atoms with E-state index in [1.807, 2.05) is 13.0 Å². The Bertz CT molecular complexity index is 399. The van der Waals surface area contributed by atoms with Gasteiger partial charge in [-0.1, -0.05) is 25.1 Å². The van der Waals surface area contributed by atoms with Crippen LogP contribution in [0.25, 0.3) is 0 Å². The van der Waals surface area contributed by atoms with Crippen LogP contribution in [0.3, 0.4) is 0 Å². The summed E-state index contributed by atoms with van der Waals surface area (Å²) in [6, 6.07) is 1.93. The molecule has 0 unspecified atom stereocenters. The maximum atomic E-state index is 5.71. The third-order valence-corrected chi connectivity index (χ3v) is 3.15. The molecule has 0 radical (unpaired) electrons. The molecule has 0 saturated heterocycles. The van der Waals surface area contributed by atoms with E-state index in [9.17, 15) is 0 Å². The van der Waals surface area contributed by atoms with Crippen molar-refractivity contribution in [3.63, 3.8) is 0 Å². The summed E-state index contributed by atoms with van der Waals surface area (Å²) in [6.07, 6.45) is 5.76. The monoisotopic (exact) mass is 235 g/mol. The number of anilines is 1. The highest BCUT2D eigenvalue weighted by atomic mass is 32.1. The summed E-state index contributed by atoms with van der Waals surface area (Å²) < 4.78 is 0. The molecule has 0 spiro atoms. The summed E-state index contributed by atoms with van der Waals surface area (Å²) >= 11 is 5.05. The molecule has 1 aliphatic carbocycles. The zero-order valence-corrected chi connectivity index (χ0v) is 10.3. The van der Waals surface area contributed by atoms with E-state index in [2.05, 4.69) is 10.3 Å². The number of hydrogen-bond acceptors (Lipinski definition) is 3. The molecule has 0 aromatic carbocycles. The normalized spacial score (nSPS) is 14.8. The number of thiocarbonyl (C=S) groups is 1. The lowest BCUT2D eigenvalue weighted by Crippen LogP contribution is -2.16. The van der Waals surface area contributed by atoms with E-state index in [4.69, 9.17) is 18.0 Å². The molecule has 3 N–H and O–H groups in total. The van der Waals surface area contributed by atoms with Crippen LogP contribution < -0.4 is 11.1 Å². The number of aryl methyl sites for hydroxylation is 1. The first kappa shape index (κ1) is 11.3. The minimum atomic E-state index is 0.416. The Labute approximate surface area is 101 Å². The van der Waals surface area contributed by atoms with Crippen LogP contribution in [-0.2, 0) is 0 Å². The van der Waals surface area contributed by atoms with Crippen molar-refractivity contribution in [3.05, 3.63) is 23.4 Å². The standard InChI is InChI=1S/C12H17N3S/c1-8-4-6-14-12(10(8)11(13)16)15-7-5-9-2-3-9/h4,6,9H,2-3,5,7H2,1H3,(H2,13,16)(H,14,15). The maximum Gasteiger partial charge on any atom is 0.136 e. The van der Waals surface area contributed by atoms with Crippen LogP contribution in [0.1, 0.15) is 30.4 Å². The van der Waals surface area contributed by atoms with Crippen molar-refractivity contribution < 1.29 is 0 Å². The molecule has 1 aromatic rings. The zero-order chi connectivity index (χ0) is 11.5. The fraction of sp³-hybridized carbons (Fsp3) is 0.500. The predicted octanol–water partition coefficient (Wildman–Crippen LogP) is 2.24. The van der Waals surface area contributed by atoms with Gasteiger partial charge in [0, 0.05) is 12.7 Å². The molecule has 0 aliphatic heterocycles. The van der Waals surface area contributed by atoms with Crippen LogP contribution in [0.2, 0.25) is 0 Å². The van der Waals surface area contributed by atoms with E-state index in [-0.39, 0.29) is 0 Å². The second-order valence-electron chi connectivity index (χ2n) is 4.37. The van der Waals surface area contributed by atoms with E-state index < -0.39 is 0 Å². The van der Waals surface area contributed by atoms with Gasteiger partial charge in [-0.15, -0.1) is 0 Å². The average molecular weight is 235 g/mol. The third kappa shape index (κ3) is 2.70. The summed E-state index contributed by atoms with van der Waals surface area (Å²) in [5.41, 5.74) is 7.67. The molecule has 1 aliphatic rings. The van der Waals surface area contributed by atoms with Crippen LogP contribution in [-0.4, -0.2) is 16.5 Å². The largest absolute Gasteiger partial charge is 0.389 e. The van der Waals surface area contributed by atoms with Crippen molar-refractivity contribution in [1.29, 1.82) is 0 Å². The van der Waals surface area contributed by atoms with Crippen LogP contribution in [0.15, 0.2) is 12.3 Å². The Kier molecular flexibility index (Phi) is 3.39. The average Bonchev–Trinajstić information content (AvgIpc) is 3.01. The summed E-state index contributed by atoms with van der Waals surface area (Å²) in [5, 5.41) is 3.33. The van der Waals surface area contributed by atoms with Crippen molar-refractivity contribution in [2.75, 3.05) is 11.9 Å². The van der Waals surface area contributed by atoms with Crippen molar-refractivity contribution in [3.8, 4) is 0 Å². The Balaban J connectivity index is 2.05. The predicted molar refractivity (Wildman–Crippen MR) is 70.7 cm³/mol. The summed E-state index contributed by atoms with van der Waals surface area (Å²) in [6.45, 7) is 2.96. The van der Waals surface area contributed by atoms with E-state index in [0.717, 1.165) is 29.4 Å². The summed E-state index contributed by atoms with van der Waals surface area (Å²) in [4.78, 5) is 4.72. The van der Waals surface area contributed by atoms with Gasteiger partial charge in [0.25, 0.3) is 0 Å². The summed E-state index contributed by atoms with van der Waals surface area (Å²) in [7, 11) is 0. The first-order chi connectivity index (χ1) is 7.68. The van der Waals surface area contributed by atoms with Gasteiger partial charge in [0.15, 0.2) is 0 Å². The smallest absolute Gasteiger partial charge is 0.136 e. The van der Waals surface area contributed by atoms with Crippen molar-refractivity contribution in [2.45, 2.75) is 26.2 Å². The maximum absolute atomic E-state index is 5.71. The van der Waals surface area contributed by atoms with Crippen molar-refractivity contribution >= 4 is 23.0 Å². The number of nitrogens with zero attached hydrogens (tertiary/aromatic N) is 1. The first-order valence-electron chi connectivity index (χ1n) is 5.67. The molecule has 16 heavy (non-hydrogen) atoms. The highest BCUT2D eigenvalue weighted by Crippen LogP contribution is 2.32. The van der Waals surface area contributed by atoms with Gasteiger partial charge in [0.05, 0.1) is 5.56 Å². The number of pyridine rings is 1. The number of nitrogens with one attached hydrogen (secondary N) is 1. The van der Waals surface area contributed by atoms with Gasteiger partial charge < -0.3 is 11.1 Å². The van der Waals surface area contributed by atoms with Gasteiger partial charge in [0.2, 0.25) is 0 Å². The van der Waals surface area contributed by atoms with Crippen molar-refractivity contribution in [2.24, 2.45) is 11.7 Å². The zero-order valence-electron chi connectivity index (χ0n) is 9.49. The first-order valence-corrected chi connectivity index (χ1v) is 6.08. The molecule has 86 valence electrons. The van der Waals surface area contributed by atoms with Gasteiger partial charge in [-0.05, 0) is 30.9 Å². The van der Waals surface area contributed by atoms with E-state index in [1.54, 1.807) is 6.20 Å². The molecule has 2 rings (SSSR count). The molecule has 0 atom stereocenters. The number of nitrogens with two attached hydrogens (primary N) is 1. The molecular formula is C12H17N3S. The molecular weight excluding hydrogens is 218 g/mol. The molecule has 4 heteroatoms. The fourth-order valence-corrected chi connectivity index (χ4v) is 2.06. The third-order valence-electron chi connectivity index (χ3n) is 2.95. The molecule has 3 nitrogen and oxygen atoms in total. The van der Waals surface area contributed by atoms with E-state index in [1.165, 1.54) is 19.3 Å². The van der Waals surface area contributed by atoms with Gasteiger partial charge in [-0.2, -0.15) is 0 Å². The van der Waals surface area contributed by atoms with Crippen LogP contribution >= 0.6 is 12.2 Å². The molecule has 0 amide bonds. The SMILES string of the molecule is Cc1ccnc(NCCC2CC2)c1C(N)=S. The van der Waals surface area contributed by atoms with Crippen molar-refractivity contribution in [1.82, 2.24) is 4.98 Å². The van der Waals surface area contributed by atoms with Gasteiger partial charge in [-0.25, -0.2) is 4.98 Å². The highest BCUT2D eigenvalue weighted by molar-refractivity contribution is 7.80. The molecule has 0 bridgehead atoms. The Morgan fingerprint density at radius 2 is 2.38 bits per heavy atom. The van der Waals surface area contributed by atoms with Crippen LogP contribution in [0.5, 0.6) is 0 Å². The topological polar surface area (TPSA) is 50.9 Å². The molecule has 1 saturated carbocycles. The quantitative estimate of drug-likeness (QED) is 0.768.